The fraction of sp³-hybridized carbons (Fsp3) is 0.368. The molecule has 2 heteroatoms. The Morgan fingerprint density at radius 1 is 0.952 bits per heavy atom. The third-order valence-corrected chi connectivity index (χ3v) is 3.46. The van der Waals surface area contributed by atoms with Crippen LogP contribution in [0.4, 0.5) is 0 Å². The maximum atomic E-state index is 10.3. The highest BCUT2D eigenvalue weighted by molar-refractivity contribution is 5.29. The molecule has 1 unspecified atom stereocenters. The van der Waals surface area contributed by atoms with Gasteiger partial charge in [0, 0.05) is 0 Å². The van der Waals surface area contributed by atoms with Gasteiger partial charge in [0.15, 0.2) is 0 Å². The van der Waals surface area contributed by atoms with Gasteiger partial charge >= 0.3 is 0 Å². The molecule has 2 aromatic carbocycles. The van der Waals surface area contributed by atoms with Crippen LogP contribution in [0.2, 0.25) is 0 Å². The van der Waals surface area contributed by atoms with Gasteiger partial charge in [-0.05, 0) is 56.9 Å². The Morgan fingerprint density at radius 2 is 1.57 bits per heavy atom. The normalized spacial score (nSPS) is 12.4. The molecule has 0 heterocycles. The van der Waals surface area contributed by atoms with E-state index in [2.05, 4.69) is 31.2 Å². The number of hydrogen-bond acceptors (Lipinski definition) is 2. The second-order valence-corrected chi connectivity index (χ2v) is 5.78. The lowest BCUT2D eigenvalue weighted by atomic mass is 10.0. The van der Waals surface area contributed by atoms with Crippen molar-refractivity contribution in [3.63, 3.8) is 0 Å². The van der Waals surface area contributed by atoms with Crippen LogP contribution < -0.4 is 4.74 Å². The Hall–Kier alpha value is -1.80. The fourth-order valence-corrected chi connectivity index (χ4v) is 2.27. The summed E-state index contributed by atoms with van der Waals surface area (Å²) in [6.07, 6.45) is 1.35. The summed E-state index contributed by atoms with van der Waals surface area (Å²) < 4.78 is 5.61. The first kappa shape index (κ1) is 15.6. The molecule has 0 radical (unpaired) electrons. The van der Waals surface area contributed by atoms with E-state index in [0.29, 0.717) is 0 Å². The van der Waals surface area contributed by atoms with Crippen molar-refractivity contribution in [1.29, 1.82) is 0 Å². The van der Waals surface area contributed by atoms with Crippen LogP contribution in [0.3, 0.4) is 0 Å². The van der Waals surface area contributed by atoms with Gasteiger partial charge in [0.25, 0.3) is 0 Å². The van der Waals surface area contributed by atoms with Crippen LogP contribution in [0.1, 0.15) is 43.1 Å². The summed E-state index contributed by atoms with van der Waals surface area (Å²) in [7, 11) is 0. The van der Waals surface area contributed by atoms with Crippen molar-refractivity contribution < 1.29 is 9.84 Å². The van der Waals surface area contributed by atoms with Gasteiger partial charge in [-0.15, -0.1) is 0 Å². The molecule has 1 N–H and O–H groups in total. The van der Waals surface area contributed by atoms with Crippen LogP contribution in [-0.4, -0.2) is 11.2 Å². The number of benzene rings is 2. The van der Waals surface area contributed by atoms with E-state index in [1.807, 2.05) is 38.1 Å². The zero-order chi connectivity index (χ0) is 15.2. The first-order valence-electron chi connectivity index (χ1n) is 7.55. The molecule has 1 atom stereocenters. The molecule has 0 saturated carbocycles. The smallest absolute Gasteiger partial charge is 0.119 e. The van der Waals surface area contributed by atoms with Gasteiger partial charge in [0.2, 0.25) is 0 Å². The Bertz CT molecular complexity index is 541. The number of aryl methyl sites for hydroxylation is 2. The van der Waals surface area contributed by atoms with Crippen molar-refractivity contribution >= 4 is 0 Å². The largest absolute Gasteiger partial charge is 0.491 e. The minimum atomic E-state index is -0.431. The molecular formula is C19H24O2. The van der Waals surface area contributed by atoms with E-state index in [-0.39, 0.29) is 6.10 Å². The predicted octanol–water partition coefficient (Wildman–Crippen LogP) is 4.45. The number of ether oxygens (including phenoxy) is 1. The van der Waals surface area contributed by atoms with E-state index in [0.717, 1.165) is 24.2 Å². The maximum Gasteiger partial charge on any atom is 0.119 e. The van der Waals surface area contributed by atoms with Crippen molar-refractivity contribution in [3.05, 3.63) is 65.2 Å². The molecule has 0 aliphatic rings. The summed E-state index contributed by atoms with van der Waals surface area (Å²) in [5.74, 6) is 0.847. The molecule has 0 bridgehead atoms. The summed E-state index contributed by atoms with van der Waals surface area (Å²) in [4.78, 5) is 0. The summed E-state index contributed by atoms with van der Waals surface area (Å²) in [5, 5.41) is 10.3. The minimum absolute atomic E-state index is 0.169. The highest BCUT2D eigenvalue weighted by Gasteiger charge is 2.08. The SMILES string of the molecule is Cc1ccc(CCC(O)c2ccc(OC(C)C)cc2)cc1. The molecule has 0 aliphatic carbocycles. The van der Waals surface area contributed by atoms with Gasteiger partial charge in [-0.3, -0.25) is 0 Å². The Kier molecular flexibility index (Phi) is 5.40. The van der Waals surface area contributed by atoms with E-state index in [9.17, 15) is 5.11 Å². The summed E-state index contributed by atoms with van der Waals surface area (Å²) in [6.45, 7) is 6.09. The Labute approximate surface area is 127 Å². The van der Waals surface area contributed by atoms with E-state index >= 15 is 0 Å². The molecule has 0 fully saturated rings. The molecular weight excluding hydrogens is 260 g/mol. The van der Waals surface area contributed by atoms with Crippen molar-refractivity contribution in [2.24, 2.45) is 0 Å². The van der Waals surface area contributed by atoms with E-state index in [1.54, 1.807) is 0 Å². The van der Waals surface area contributed by atoms with Crippen LogP contribution in [-0.2, 0) is 6.42 Å². The van der Waals surface area contributed by atoms with Crippen molar-refractivity contribution in [2.75, 3.05) is 0 Å². The van der Waals surface area contributed by atoms with Gasteiger partial charge in [0.1, 0.15) is 5.75 Å². The Morgan fingerprint density at radius 3 is 2.14 bits per heavy atom. The minimum Gasteiger partial charge on any atom is -0.491 e. The van der Waals surface area contributed by atoms with E-state index in [4.69, 9.17) is 4.74 Å². The standard InChI is InChI=1S/C19H24O2/c1-14(2)21-18-11-9-17(10-12-18)19(20)13-8-16-6-4-15(3)5-7-16/h4-7,9-12,14,19-20H,8,13H2,1-3H3. The van der Waals surface area contributed by atoms with Crippen molar-refractivity contribution in [3.8, 4) is 5.75 Å². The highest BCUT2D eigenvalue weighted by atomic mass is 16.5. The predicted molar refractivity (Wildman–Crippen MR) is 86.7 cm³/mol. The van der Waals surface area contributed by atoms with Gasteiger partial charge in [0.05, 0.1) is 12.2 Å². The molecule has 2 rings (SSSR count). The molecule has 0 amide bonds. The fourth-order valence-electron chi connectivity index (χ4n) is 2.27. The third kappa shape index (κ3) is 4.91. The van der Waals surface area contributed by atoms with Crippen molar-refractivity contribution in [2.45, 2.75) is 45.8 Å². The van der Waals surface area contributed by atoms with Crippen LogP contribution in [0.15, 0.2) is 48.5 Å². The monoisotopic (exact) mass is 284 g/mol. The van der Waals surface area contributed by atoms with Crippen LogP contribution in [0, 0.1) is 6.92 Å². The molecule has 0 aliphatic heterocycles. The Balaban J connectivity index is 1.90. The second-order valence-electron chi connectivity index (χ2n) is 5.78. The lowest BCUT2D eigenvalue weighted by molar-refractivity contribution is 0.167. The van der Waals surface area contributed by atoms with Gasteiger partial charge in [-0.1, -0.05) is 42.0 Å². The van der Waals surface area contributed by atoms with Crippen LogP contribution >= 0.6 is 0 Å². The van der Waals surface area contributed by atoms with Gasteiger partial charge in [-0.25, -0.2) is 0 Å². The summed E-state index contributed by atoms with van der Waals surface area (Å²) in [6, 6.07) is 16.2. The van der Waals surface area contributed by atoms with Crippen molar-refractivity contribution in [1.82, 2.24) is 0 Å². The molecule has 0 aromatic heterocycles. The average molecular weight is 284 g/mol. The zero-order valence-electron chi connectivity index (χ0n) is 13.0. The van der Waals surface area contributed by atoms with E-state index < -0.39 is 6.10 Å². The number of hydrogen-bond donors (Lipinski definition) is 1. The average Bonchev–Trinajstić information content (AvgIpc) is 2.46. The lowest BCUT2D eigenvalue weighted by Crippen LogP contribution is -2.06. The number of aliphatic hydroxyl groups excluding tert-OH is 1. The van der Waals surface area contributed by atoms with Crippen LogP contribution in [0.5, 0.6) is 5.75 Å². The lowest BCUT2D eigenvalue weighted by Gasteiger charge is -2.13. The van der Waals surface area contributed by atoms with Gasteiger partial charge in [-0.2, -0.15) is 0 Å². The highest BCUT2D eigenvalue weighted by Crippen LogP contribution is 2.22. The molecule has 21 heavy (non-hydrogen) atoms. The summed E-state index contributed by atoms with van der Waals surface area (Å²) in [5.41, 5.74) is 3.47. The number of aliphatic hydroxyl groups is 1. The number of rotatable bonds is 6. The maximum absolute atomic E-state index is 10.3. The summed E-state index contributed by atoms with van der Waals surface area (Å²) >= 11 is 0. The molecule has 2 nitrogen and oxygen atoms in total. The quantitative estimate of drug-likeness (QED) is 0.849. The second kappa shape index (κ2) is 7.28. The first-order valence-corrected chi connectivity index (χ1v) is 7.55. The zero-order valence-corrected chi connectivity index (χ0v) is 13.0. The van der Waals surface area contributed by atoms with Crippen LogP contribution in [0.25, 0.3) is 0 Å². The molecule has 0 saturated heterocycles. The first-order chi connectivity index (χ1) is 10.0. The van der Waals surface area contributed by atoms with Gasteiger partial charge < -0.3 is 9.84 Å². The third-order valence-electron chi connectivity index (χ3n) is 3.46. The topological polar surface area (TPSA) is 29.5 Å². The molecule has 0 spiro atoms. The van der Waals surface area contributed by atoms with E-state index in [1.165, 1.54) is 11.1 Å². The molecule has 2 aromatic rings. The molecule has 112 valence electrons.